The average Bonchev–Trinajstić information content (AvgIpc) is 3.29. The van der Waals surface area contributed by atoms with E-state index in [0.29, 0.717) is 19.6 Å². The highest BCUT2D eigenvalue weighted by Crippen LogP contribution is 2.49. The summed E-state index contributed by atoms with van der Waals surface area (Å²) in [6.45, 7) is 5.45. The minimum Gasteiger partial charge on any atom is -0.392 e. The summed E-state index contributed by atoms with van der Waals surface area (Å²) >= 11 is 0. The Balaban J connectivity index is 1.64. The van der Waals surface area contributed by atoms with Crippen LogP contribution in [0.5, 0.6) is 0 Å². The molecule has 0 radical (unpaired) electrons. The molecule has 1 heterocycles. The van der Waals surface area contributed by atoms with Gasteiger partial charge in [0.05, 0.1) is 11.5 Å². The van der Waals surface area contributed by atoms with Gasteiger partial charge in [-0.15, -0.1) is 0 Å². The largest absolute Gasteiger partial charge is 0.392 e. The number of aliphatic hydroxyl groups is 1. The van der Waals surface area contributed by atoms with Crippen LogP contribution in [0.25, 0.3) is 0 Å². The Bertz CT molecular complexity index is 532. The number of carbonyl (C=O) groups is 1. The molecule has 1 atom stereocenters. The van der Waals surface area contributed by atoms with Gasteiger partial charge in [0.15, 0.2) is 0 Å². The van der Waals surface area contributed by atoms with E-state index >= 15 is 0 Å². The van der Waals surface area contributed by atoms with Gasteiger partial charge in [0.1, 0.15) is 5.82 Å². The fourth-order valence-electron chi connectivity index (χ4n) is 3.33. The Labute approximate surface area is 130 Å². The second-order valence-corrected chi connectivity index (χ2v) is 6.53. The smallest absolute Gasteiger partial charge is 0.233 e. The van der Waals surface area contributed by atoms with Gasteiger partial charge in [-0.1, -0.05) is 12.1 Å². The van der Waals surface area contributed by atoms with Crippen LogP contribution in [0.2, 0.25) is 0 Å². The first-order valence-electron chi connectivity index (χ1n) is 7.97. The van der Waals surface area contributed by atoms with Crippen LogP contribution in [-0.4, -0.2) is 59.6 Å². The summed E-state index contributed by atoms with van der Waals surface area (Å²) in [6, 6.07) is 6.35. The number of aliphatic hydroxyl groups excluding tert-OH is 1. The summed E-state index contributed by atoms with van der Waals surface area (Å²) in [4.78, 5) is 17.0. The standard InChI is InChI=1S/C17H23FN2O2/c1-13(21)12-19-8-10-20(11-9-19)16(22)17(6-7-17)14-2-4-15(18)5-3-14/h2-5,13,21H,6-12H2,1H3/t13-/m1/s1. The molecule has 2 aliphatic rings. The minimum atomic E-state index is -0.417. The fourth-order valence-corrected chi connectivity index (χ4v) is 3.33. The molecule has 120 valence electrons. The second kappa shape index (κ2) is 5.97. The van der Waals surface area contributed by atoms with E-state index in [2.05, 4.69) is 4.90 Å². The van der Waals surface area contributed by atoms with E-state index in [0.717, 1.165) is 31.5 Å². The quantitative estimate of drug-likeness (QED) is 0.914. The van der Waals surface area contributed by atoms with Crippen LogP contribution in [0.1, 0.15) is 25.3 Å². The monoisotopic (exact) mass is 306 g/mol. The number of halogens is 1. The van der Waals surface area contributed by atoms with Crippen LogP contribution >= 0.6 is 0 Å². The number of hydrogen-bond acceptors (Lipinski definition) is 3. The summed E-state index contributed by atoms with van der Waals surface area (Å²) in [5.41, 5.74) is 0.519. The highest BCUT2D eigenvalue weighted by Gasteiger charge is 2.53. The van der Waals surface area contributed by atoms with Crippen molar-refractivity contribution in [2.75, 3.05) is 32.7 Å². The Hall–Kier alpha value is -1.46. The van der Waals surface area contributed by atoms with Crippen molar-refractivity contribution in [1.29, 1.82) is 0 Å². The lowest BCUT2D eigenvalue weighted by Gasteiger charge is -2.37. The molecule has 1 saturated heterocycles. The lowest BCUT2D eigenvalue weighted by Crippen LogP contribution is -2.52. The Morgan fingerprint density at radius 2 is 1.82 bits per heavy atom. The maximum absolute atomic E-state index is 13.1. The zero-order valence-electron chi connectivity index (χ0n) is 13.0. The first-order valence-corrected chi connectivity index (χ1v) is 7.97. The molecule has 0 aromatic heterocycles. The van der Waals surface area contributed by atoms with Gasteiger partial charge < -0.3 is 10.0 Å². The van der Waals surface area contributed by atoms with E-state index in [-0.39, 0.29) is 17.8 Å². The first kappa shape index (κ1) is 15.4. The van der Waals surface area contributed by atoms with Crippen molar-refractivity contribution in [1.82, 2.24) is 9.80 Å². The highest BCUT2D eigenvalue weighted by molar-refractivity contribution is 5.91. The number of β-amino-alcohol motifs (C(OH)–C–C–N with tert-alkyl or cyclic N) is 1. The van der Waals surface area contributed by atoms with Crippen LogP contribution in [0, 0.1) is 5.82 Å². The molecule has 3 rings (SSSR count). The number of nitrogens with zero attached hydrogens (tertiary/aromatic N) is 2. The predicted octanol–water partition coefficient (Wildman–Crippen LogP) is 1.38. The Morgan fingerprint density at radius 3 is 2.32 bits per heavy atom. The van der Waals surface area contributed by atoms with Gasteiger partial charge in [0, 0.05) is 32.7 Å². The van der Waals surface area contributed by atoms with Crippen molar-refractivity contribution in [2.24, 2.45) is 0 Å². The van der Waals surface area contributed by atoms with Crippen LogP contribution < -0.4 is 0 Å². The maximum Gasteiger partial charge on any atom is 0.233 e. The second-order valence-electron chi connectivity index (χ2n) is 6.53. The van der Waals surface area contributed by atoms with Crippen molar-refractivity contribution >= 4 is 5.91 Å². The van der Waals surface area contributed by atoms with Crippen molar-refractivity contribution in [2.45, 2.75) is 31.3 Å². The molecule has 1 saturated carbocycles. The molecule has 1 aliphatic heterocycles. The third-order valence-electron chi connectivity index (χ3n) is 4.74. The first-order chi connectivity index (χ1) is 10.5. The molecule has 0 spiro atoms. The van der Waals surface area contributed by atoms with E-state index < -0.39 is 5.41 Å². The molecule has 4 nitrogen and oxygen atoms in total. The lowest BCUT2D eigenvalue weighted by molar-refractivity contribution is -0.135. The summed E-state index contributed by atoms with van der Waals surface area (Å²) < 4.78 is 13.1. The van der Waals surface area contributed by atoms with E-state index in [1.54, 1.807) is 19.1 Å². The molecular formula is C17H23FN2O2. The van der Waals surface area contributed by atoms with E-state index in [9.17, 15) is 14.3 Å². The van der Waals surface area contributed by atoms with Gasteiger partial charge in [-0.3, -0.25) is 9.69 Å². The number of carbonyl (C=O) groups excluding carboxylic acids is 1. The van der Waals surface area contributed by atoms with Gasteiger partial charge in [-0.2, -0.15) is 0 Å². The van der Waals surface area contributed by atoms with Crippen molar-refractivity contribution < 1.29 is 14.3 Å². The molecule has 1 N–H and O–H groups in total. The average molecular weight is 306 g/mol. The van der Waals surface area contributed by atoms with Crippen LogP contribution in [0.3, 0.4) is 0 Å². The molecular weight excluding hydrogens is 283 g/mol. The van der Waals surface area contributed by atoms with Gasteiger partial charge in [0.2, 0.25) is 5.91 Å². The van der Waals surface area contributed by atoms with E-state index in [4.69, 9.17) is 0 Å². The zero-order valence-corrected chi connectivity index (χ0v) is 13.0. The molecule has 22 heavy (non-hydrogen) atoms. The molecule has 0 bridgehead atoms. The van der Waals surface area contributed by atoms with Crippen LogP contribution in [0.4, 0.5) is 4.39 Å². The summed E-state index contributed by atoms with van der Waals surface area (Å²) in [5.74, 6) is -0.0884. The Morgan fingerprint density at radius 1 is 1.23 bits per heavy atom. The summed E-state index contributed by atoms with van der Waals surface area (Å²) in [5, 5.41) is 9.44. The van der Waals surface area contributed by atoms with Gasteiger partial charge in [-0.25, -0.2) is 4.39 Å². The lowest BCUT2D eigenvalue weighted by atomic mass is 9.94. The predicted molar refractivity (Wildman–Crippen MR) is 82.0 cm³/mol. The fraction of sp³-hybridized carbons (Fsp3) is 0.588. The van der Waals surface area contributed by atoms with E-state index in [1.165, 1.54) is 12.1 Å². The van der Waals surface area contributed by atoms with Gasteiger partial charge in [0.25, 0.3) is 0 Å². The normalized spacial score (nSPS) is 22.4. The zero-order chi connectivity index (χ0) is 15.7. The third-order valence-corrected chi connectivity index (χ3v) is 4.74. The van der Waals surface area contributed by atoms with Gasteiger partial charge in [-0.05, 0) is 37.5 Å². The molecule has 0 unspecified atom stereocenters. The number of amides is 1. The molecule has 2 fully saturated rings. The molecule has 5 heteroatoms. The van der Waals surface area contributed by atoms with Crippen LogP contribution in [-0.2, 0) is 10.2 Å². The maximum atomic E-state index is 13.1. The third kappa shape index (κ3) is 3.01. The van der Waals surface area contributed by atoms with Crippen molar-refractivity contribution in [3.63, 3.8) is 0 Å². The van der Waals surface area contributed by atoms with Crippen molar-refractivity contribution in [3.05, 3.63) is 35.6 Å². The SMILES string of the molecule is C[C@@H](O)CN1CCN(C(=O)C2(c3ccc(F)cc3)CC2)CC1. The van der Waals surface area contributed by atoms with Crippen molar-refractivity contribution in [3.8, 4) is 0 Å². The molecule has 1 aromatic carbocycles. The number of piperazine rings is 1. The minimum absolute atomic E-state index is 0.177. The number of hydrogen-bond donors (Lipinski definition) is 1. The molecule has 1 amide bonds. The molecule has 1 aliphatic carbocycles. The van der Waals surface area contributed by atoms with E-state index in [1.807, 2.05) is 4.90 Å². The van der Waals surface area contributed by atoms with Crippen LogP contribution in [0.15, 0.2) is 24.3 Å². The van der Waals surface area contributed by atoms with Gasteiger partial charge >= 0.3 is 0 Å². The summed E-state index contributed by atoms with van der Waals surface area (Å²) in [6.07, 6.45) is 1.37. The topological polar surface area (TPSA) is 43.8 Å². The number of rotatable bonds is 4. The number of benzene rings is 1. The summed E-state index contributed by atoms with van der Waals surface area (Å²) in [7, 11) is 0. The Kier molecular flexibility index (Phi) is 4.19. The highest BCUT2D eigenvalue weighted by atomic mass is 19.1. The molecule has 1 aromatic rings.